The van der Waals surface area contributed by atoms with Crippen molar-refractivity contribution in [3.63, 3.8) is 0 Å². The number of nitrogens with zero attached hydrogens (tertiary/aromatic N) is 2. The smallest absolute Gasteiger partial charge is 0.275 e. The van der Waals surface area contributed by atoms with Gasteiger partial charge >= 0.3 is 0 Å². The van der Waals surface area contributed by atoms with Crippen LogP contribution in [-0.4, -0.2) is 34.5 Å². The summed E-state index contributed by atoms with van der Waals surface area (Å²) in [6.45, 7) is 2.58. The van der Waals surface area contributed by atoms with Crippen LogP contribution in [0, 0.1) is 0 Å². The molecule has 0 aliphatic carbocycles. The minimum atomic E-state index is -0.0463. The topological polar surface area (TPSA) is 58.1 Å². The van der Waals surface area contributed by atoms with E-state index < -0.39 is 0 Å². The highest BCUT2D eigenvalue weighted by molar-refractivity contribution is 5.98. The second kappa shape index (κ2) is 7.44. The van der Waals surface area contributed by atoms with E-state index in [2.05, 4.69) is 11.9 Å². The molecule has 1 N–H and O–H groups in total. The van der Waals surface area contributed by atoms with Gasteiger partial charge in [0.05, 0.1) is 0 Å². The zero-order chi connectivity index (χ0) is 18.7. The quantitative estimate of drug-likeness (QED) is 0.715. The van der Waals surface area contributed by atoms with E-state index in [0.29, 0.717) is 17.6 Å². The third-order valence-corrected chi connectivity index (χ3v) is 4.33. The molecule has 2 heterocycles. The van der Waals surface area contributed by atoms with Gasteiger partial charge in [-0.25, -0.2) is 0 Å². The zero-order valence-electron chi connectivity index (χ0n) is 15.3. The monoisotopic (exact) mass is 349 g/mol. The molecule has 5 nitrogen and oxygen atoms in total. The Morgan fingerprint density at radius 2 is 2.04 bits per heavy atom. The molecule has 3 rings (SSSR count). The normalized spacial score (nSPS) is 11.3. The van der Waals surface area contributed by atoms with Crippen LogP contribution in [0.25, 0.3) is 22.0 Å². The number of pyridine rings is 1. The van der Waals surface area contributed by atoms with Gasteiger partial charge in [0.25, 0.3) is 11.5 Å². The molecule has 3 aromatic rings. The van der Waals surface area contributed by atoms with Gasteiger partial charge in [0, 0.05) is 49.5 Å². The van der Waals surface area contributed by atoms with Crippen molar-refractivity contribution in [1.29, 1.82) is 0 Å². The highest BCUT2D eigenvalue weighted by Crippen LogP contribution is 2.27. The van der Waals surface area contributed by atoms with E-state index in [1.165, 1.54) is 0 Å². The van der Waals surface area contributed by atoms with Crippen molar-refractivity contribution in [2.24, 2.45) is 0 Å². The summed E-state index contributed by atoms with van der Waals surface area (Å²) in [6, 6.07) is 9.42. The number of hydrogen-bond donors (Lipinski definition) is 1. The molecule has 0 saturated carbocycles. The van der Waals surface area contributed by atoms with E-state index in [-0.39, 0.29) is 11.5 Å². The number of hydrogen-bond acceptors (Lipinski definition) is 2. The van der Waals surface area contributed by atoms with Crippen LogP contribution in [0.4, 0.5) is 0 Å². The van der Waals surface area contributed by atoms with E-state index in [1.54, 1.807) is 35.8 Å². The van der Waals surface area contributed by atoms with Crippen LogP contribution in [0.15, 0.2) is 59.7 Å². The Labute approximate surface area is 152 Å². The predicted molar refractivity (Wildman–Crippen MR) is 105 cm³/mol. The number of rotatable bonds is 5. The lowest BCUT2D eigenvalue weighted by Gasteiger charge is -2.13. The maximum absolute atomic E-state index is 12.7. The van der Waals surface area contributed by atoms with Crippen molar-refractivity contribution in [2.45, 2.75) is 19.9 Å². The minimum absolute atomic E-state index is 0.0450. The molecule has 0 saturated heterocycles. The van der Waals surface area contributed by atoms with Gasteiger partial charge in [-0.3, -0.25) is 9.59 Å². The summed E-state index contributed by atoms with van der Waals surface area (Å²) in [4.78, 5) is 29.6. The molecule has 0 aliphatic rings. The molecule has 0 spiro atoms. The number of aromatic amines is 1. The number of benzene rings is 1. The second-order valence-electron chi connectivity index (χ2n) is 6.43. The predicted octanol–water partition coefficient (Wildman–Crippen LogP) is 3.66. The molecule has 0 bridgehead atoms. The van der Waals surface area contributed by atoms with Crippen LogP contribution in [0.2, 0.25) is 0 Å². The van der Waals surface area contributed by atoms with Crippen LogP contribution < -0.4 is 5.56 Å². The van der Waals surface area contributed by atoms with Gasteiger partial charge in [0.15, 0.2) is 0 Å². The van der Waals surface area contributed by atoms with Gasteiger partial charge in [0.2, 0.25) is 0 Å². The number of fused-ring (bicyclic) bond motifs is 1. The molecule has 5 heteroatoms. The number of nitrogens with one attached hydrogen (secondary N) is 1. The summed E-state index contributed by atoms with van der Waals surface area (Å²) < 4.78 is 1.70. The van der Waals surface area contributed by atoms with Gasteiger partial charge in [-0.2, -0.15) is 0 Å². The van der Waals surface area contributed by atoms with Crippen molar-refractivity contribution < 1.29 is 4.79 Å². The Morgan fingerprint density at radius 3 is 2.77 bits per heavy atom. The van der Waals surface area contributed by atoms with Crippen LogP contribution in [-0.2, 0) is 6.54 Å². The Kier molecular flexibility index (Phi) is 5.07. The summed E-state index contributed by atoms with van der Waals surface area (Å²) in [5.74, 6) is -0.0450. The molecule has 26 heavy (non-hydrogen) atoms. The molecule has 2 aromatic heterocycles. The Bertz CT molecular complexity index is 1030. The first-order chi connectivity index (χ1) is 12.5. The number of amides is 1. The Hall–Kier alpha value is -3.08. The molecule has 0 unspecified atom stereocenters. The van der Waals surface area contributed by atoms with Gasteiger partial charge in [0.1, 0.15) is 5.52 Å². The molecule has 134 valence electrons. The van der Waals surface area contributed by atoms with Gasteiger partial charge in [-0.15, -0.1) is 0 Å². The van der Waals surface area contributed by atoms with E-state index in [0.717, 1.165) is 22.9 Å². The van der Waals surface area contributed by atoms with Crippen LogP contribution >= 0.6 is 0 Å². The summed E-state index contributed by atoms with van der Waals surface area (Å²) in [7, 11) is 3.47. The molecule has 1 amide bonds. The number of allylic oxidation sites excluding steroid dienone is 2. The molecular weight excluding hydrogens is 326 g/mol. The SMILES string of the molecule is CCC=CCn1cc(-c2cccc(C(=O)N(C)C)c2)c2cc[nH]c2c1=O. The van der Waals surface area contributed by atoms with Crippen molar-refractivity contribution in [2.75, 3.05) is 14.1 Å². The maximum Gasteiger partial charge on any atom is 0.275 e. The molecule has 0 aliphatic heterocycles. The summed E-state index contributed by atoms with van der Waals surface area (Å²) in [5, 5.41) is 0.861. The summed E-state index contributed by atoms with van der Waals surface area (Å²) >= 11 is 0. The maximum atomic E-state index is 12.7. The standard InChI is InChI=1S/C21H23N3O2/c1-4-5-6-12-24-14-18(17-10-11-22-19(17)21(24)26)15-8-7-9-16(13-15)20(25)23(2)3/h5-11,13-14,22H,4,12H2,1-3H3. The largest absolute Gasteiger partial charge is 0.357 e. The number of H-pyrrole nitrogens is 1. The van der Waals surface area contributed by atoms with E-state index in [9.17, 15) is 9.59 Å². The van der Waals surface area contributed by atoms with Crippen LogP contribution in [0.5, 0.6) is 0 Å². The van der Waals surface area contributed by atoms with E-state index in [4.69, 9.17) is 0 Å². The first-order valence-corrected chi connectivity index (χ1v) is 8.70. The Balaban J connectivity index is 2.16. The average molecular weight is 349 g/mol. The fraction of sp³-hybridized carbons (Fsp3) is 0.238. The van der Waals surface area contributed by atoms with Gasteiger partial charge < -0.3 is 14.5 Å². The number of aromatic nitrogens is 2. The lowest BCUT2D eigenvalue weighted by molar-refractivity contribution is 0.0827. The third kappa shape index (κ3) is 3.33. The molecular formula is C21H23N3O2. The fourth-order valence-electron chi connectivity index (χ4n) is 3.00. The van der Waals surface area contributed by atoms with Gasteiger partial charge in [-0.1, -0.05) is 31.2 Å². The highest BCUT2D eigenvalue weighted by atomic mass is 16.2. The van der Waals surface area contributed by atoms with E-state index >= 15 is 0 Å². The van der Waals surface area contributed by atoms with Crippen molar-refractivity contribution in [1.82, 2.24) is 14.5 Å². The lowest BCUT2D eigenvalue weighted by atomic mass is 10.0. The highest BCUT2D eigenvalue weighted by Gasteiger charge is 2.13. The minimum Gasteiger partial charge on any atom is -0.357 e. The fourth-order valence-corrected chi connectivity index (χ4v) is 3.00. The van der Waals surface area contributed by atoms with Crippen molar-refractivity contribution >= 4 is 16.8 Å². The first kappa shape index (κ1) is 17.7. The Morgan fingerprint density at radius 1 is 1.23 bits per heavy atom. The molecule has 0 fully saturated rings. The molecule has 0 atom stereocenters. The third-order valence-electron chi connectivity index (χ3n) is 4.33. The summed E-state index contributed by atoms with van der Waals surface area (Å²) in [5.41, 5.74) is 3.00. The first-order valence-electron chi connectivity index (χ1n) is 8.70. The van der Waals surface area contributed by atoms with Crippen molar-refractivity contribution in [3.8, 4) is 11.1 Å². The average Bonchev–Trinajstić information content (AvgIpc) is 3.13. The van der Waals surface area contributed by atoms with Crippen LogP contribution in [0.3, 0.4) is 0 Å². The van der Waals surface area contributed by atoms with E-state index in [1.807, 2.05) is 42.6 Å². The van der Waals surface area contributed by atoms with Crippen LogP contribution in [0.1, 0.15) is 23.7 Å². The number of carbonyl (C=O) groups is 1. The molecule has 1 aromatic carbocycles. The van der Waals surface area contributed by atoms with Gasteiger partial charge in [-0.05, 0) is 30.2 Å². The molecule has 0 radical (unpaired) electrons. The summed E-state index contributed by atoms with van der Waals surface area (Å²) in [6.07, 6.45) is 8.61. The second-order valence-corrected chi connectivity index (χ2v) is 6.43. The van der Waals surface area contributed by atoms with Crippen molar-refractivity contribution in [3.05, 3.63) is 70.8 Å². The number of carbonyl (C=O) groups excluding carboxylic acids is 1. The zero-order valence-corrected chi connectivity index (χ0v) is 15.3. The lowest BCUT2D eigenvalue weighted by Crippen LogP contribution is -2.21.